The zero-order valence-corrected chi connectivity index (χ0v) is 26.7. The molecule has 0 radical (unpaired) electrons. The third kappa shape index (κ3) is 7.03. The van der Waals surface area contributed by atoms with Gasteiger partial charge in [0.05, 0.1) is 30.5 Å². The number of anilines is 1. The van der Waals surface area contributed by atoms with Crippen LogP contribution in [0.15, 0.2) is 56.8 Å². The Balaban J connectivity index is 1.69. The summed E-state index contributed by atoms with van der Waals surface area (Å²) in [4.78, 5) is 15.1. The SMILES string of the molecule is Cc1ccc(S(=O)(=O)N(C)C[C@@H]2Oc3ccc(NS(=O)(=O)c4c(C)noc4C)cc3CC(=O)N([C@H](C)CO)C[C@H]2C)cc1. The highest BCUT2D eigenvalue weighted by atomic mass is 32.2. The summed E-state index contributed by atoms with van der Waals surface area (Å²) in [7, 11) is -6.42. The maximum absolute atomic E-state index is 13.5. The maximum atomic E-state index is 13.5. The minimum Gasteiger partial charge on any atom is -0.488 e. The first-order valence-electron chi connectivity index (χ1n) is 13.8. The van der Waals surface area contributed by atoms with E-state index >= 15 is 0 Å². The molecule has 43 heavy (non-hydrogen) atoms. The average molecular weight is 635 g/mol. The molecular formula is C29H38N4O8S2. The molecule has 1 aliphatic heterocycles. The van der Waals surface area contributed by atoms with E-state index in [-0.39, 0.29) is 64.9 Å². The van der Waals surface area contributed by atoms with Crippen molar-refractivity contribution in [3.63, 3.8) is 0 Å². The summed E-state index contributed by atoms with van der Waals surface area (Å²) >= 11 is 0. The molecule has 1 amide bonds. The van der Waals surface area contributed by atoms with Crippen molar-refractivity contribution in [2.24, 2.45) is 5.92 Å². The highest BCUT2D eigenvalue weighted by molar-refractivity contribution is 7.92. The van der Waals surface area contributed by atoms with Crippen molar-refractivity contribution in [2.45, 2.75) is 63.0 Å². The summed E-state index contributed by atoms with van der Waals surface area (Å²) in [5.41, 5.74) is 1.74. The van der Waals surface area contributed by atoms with Gasteiger partial charge in [0.25, 0.3) is 10.0 Å². The van der Waals surface area contributed by atoms with Gasteiger partial charge in [-0.3, -0.25) is 9.52 Å². The Bertz CT molecular complexity index is 1670. The lowest BCUT2D eigenvalue weighted by atomic mass is 10.0. The molecule has 3 aromatic rings. The molecule has 0 saturated heterocycles. The summed E-state index contributed by atoms with van der Waals surface area (Å²) in [5, 5.41) is 13.6. The smallest absolute Gasteiger partial charge is 0.267 e. The van der Waals surface area contributed by atoms with Crippen LogP contribution in [0, 0.1) is 26.7 Å². The molecule has 14 heteroatoms. The zero-order valence-electron chi connectivity index (χ0n) is 25.1. The molecule has 234 valence electrons. The summed E-state index contributed by atoms with van der Waals surface area (Å²) in [6, 6.07) is 10.7. The number of rotatable bonds is 9. The topological polar surface area (TPSA) is 159 Å². The van der Waals surface area contributed by atoms with Crippen molar-refractivity contribution in [1.29, 1.82) is 0 Å². The molecule has 12 nitrogen and oxygen atoms in total. The number of aryl methyl sites for hydroxylation is 3. The van der Waals surface area contributed by atoms with Crippen molar-refractivity contribution in [2.75, 3.05) is 31.5 Å². The van der Waals surface area contributed by atoms with E-state index in [4.69, 9.17) is 9.26 Å². The van der Waals surface area contributed by atoms with Crippen LogP contribution in [0.1, 0.15) is 36.4 Å². The predicted molar refractivity (Wildman–Crippen MR) is 160 cm³/mol. The van der Waals surface area contributed by atoms with Crippen LogP contribution < -0.4 is 9.46 Å². The molecular weight excluding hydrogens is 596 g/mol. The lowest BCUT2D eigenvalue weighted by molar-refractivity contribution is -0.134. The van der Waals surface area contributed by atoms with Gasteiger partial charge >= 0.3 is 0 Å². The maximum Gasteiger partial charge on any atom is 0.267 e. The van der Waals surface area contributed by atoms with Gasteiger partial charge in [-0.25, -0.2) is 16.8 Å². The van der Waals surface area contributed by atoms with Gasteiger partial charge in [0.1, 0.15) is 17.5 Å². The van der Waals surface area contributed by atoms with Gasteiger partial charge in [-0.15, -0.1) is 0 Å². The van der Waals surface area contributed by atoms with E-state index in [1.165, 1.54) is 37.3 Å². The van der Waals surface area contributed by atoms with E-state index in [1.54, 1.807) is 42.2 Å². The standard InChI is InChI=1S/C29H38N4O8S2/c1-18-7-10-25(11-8-18)43(38,39)32(6)16-27-19(2)15-33(20(3)17-34)28(35)14-23-13-24(9-12-26(23)40-27)31-42(36,37)29-21(4)30-41-22(29)5/h7-13,19-20,27,31,34H,14-17H2,1-6H3/t19-,20-,27+/m1/s1. The number of benzene rings is 2. The predicted octanol–water partition coefficient (Wildman–Crippen LogP) is 2.87. The molecule has 0 spiro atoms. The number of nitrogens with zero attached hydrogens (tertiary/aromatic N) is 3. The fraction of sp³-hybridized carbons (Fsp3) is 0.448. The number of nitrogens with one attached hydrogen (secondary N) is 1. The molecule has 0 bridgehead atoms. The number of likely N-dealkylation sites (N-methyl/N-ethyl adjacent to an activating group) is 1. The number of fused-ring (bicyclic) bond motifs is 1. The van der Waals surface area contributed by atoms with E-state index in [0.717, 1.165) is 5.56 Å². The van der Waals surface area contributed by atoms with Crippen LogP contribution in [0.4, 0.5) is 5.69 Å². The number of aromatic nitrogens is 1. The second-order valence-electron chi connectivity index (χ2n) is 11.1. The molecule has 4 rings (SSSR count). The van der Waals surface area contributed by atoms with E-state index in [2.05, 4.69) is 9.88 Å². The minimum absolute atomic E-state index is 0.0211. The van der Waals surface area contributed by atoms with Gasteiger partial charge in [0.15, 0.2) is 10.7 Å². The van der Waals surface area contributed by atoms with Crippen molar-refractivity contribution < 1.29 is 36.0 Å². The van der Waals surface area contributed by atoms with Crippen molar-refractivity contribution in [3.05, 3.63) is 65.0 Å². The largest absolute Gasteiger partial charge is 0.488 e. The molecule has 0 unspecified atom stereocenters. The second kappa shape index (κ2) is 12.6. The van der Waals surface area contributed by atoms with E-state index in [1.807, 2.05) is 13.8 Å². The Labute approximate surface area is 252 Å². The number of hydrogen-bond donors (Lipinski definition) is 2. The molecule has 0 fully saturated rings. The Hall–Kier alpha value is -3.46. The number of carbonyl (C=O) groups is 1. The number of sulfonamides is 2. The summed E-state index contributed by atoms with van der Waals surface area (Å²) < 4.78 is 68.2. The normalized spacial score (nSPS) is 18.8. The Kier molecular flexibility index (Phi) is 9.54. The van der Waals surface area contributed by atoms with Crippen LogP contribution in [0.5, 0.6) is 5.75 Å². The number of aliphatic hydroxyl groups excluding tert-OH is 1. The summed E-state index contributed by atoms with van der Waals surface area (Å²) in [5.74, 6) is -0.158. The summed E-state index contributed by atoms with van der Waals surface area (Å²) in [6.07, 6.45) is -0.814. The molecule has 0 aliphatic carbocycles. The van der Waals surface area contributed by atoms with E-state index < -0.39 is 32.2 Å². The van der Waals surface area contributed by atoms with Crippen LogP contribution in [-0.2, 0) is 31.3 Å². The Morgan fingerprint density at radius 3 is 2.40 bits per heavy atom. The molecule has 2 N–H and O–H groups in total. The van der Waals surface area contributed by atoms with Gasteiger partial charge in [-0.2, -0.15) is 4.31 Å². The first kappa shape index (κ1) is 32.5. The fourth-order valence-electron chi connectivity index (χ4n) is 5.02. The molecule has 2 aromatic carbocycles. The first-order chi connectivity index (χ1) is 20.1. The van der Waals surface area contributed by atoms with Gasteiger partial charge in [0, 0.05) is 30.8 Å². The third-order valence-electron chi connectivity index (χ3n) is 7.57. The van der Waals surface area contributed by atoms with Crippen molar-refractivity contribution >= 4 is 31.6 Å². The lowest BCUT2D eigenvalue weighted by Crippen LogP contribution is -2.48. The number of amides is 1. The van der Waals surface area contributed by atoms with Crippen molar-refractivity contribution in [1.82, 2.24) is 14.4 Å². The molecule has 2 heterocycles. The highest BCUT2D eigenvalue weighted by Gasteiger charge is 2.34. The highest BCUT2D eigenvalue weighted by Crippen LogP contribution is 2.31. The van der Waals surface area contributed by atoms with Crippen LogP contribution in [0.2, 0.25) is 0 Å². The number of hydrogen-bond acceptors (Lipinski definition) is 9. The van der Waals surface area contributed by atoms with Crippen molar-refractivity contribution in [3.8, 4) is 5.75 Å². The van der Waals surface area contributed by atoms with Crippen LogP contribution in [0.25, 0.3) is 0 Å². The third-order valence-corrected chi connectivity index (χ3v) is 11.0. The quantitative estimate of drug-likeness (QED) is 0.361. The average Bonchev–Trinajstić information content (AvgIpc) is 3.31. The Morgan fingerprint density at radius 2 is 1.79 bits per heavy atom. The van der Waals surface area contributed by atoms with Crippen LogP contribution in [0.3, 0.4) is 0 Å². The zero-order chi connectivity index (χ0) is 31.7. The van der Waals surface area contributed by atoms with Gasteiger partial charge in [-0.05, 0) is 58.0 Å². The van der Waals surface area contributed by atoms with E-state index in [0.29, 0.717) is 11.3 Å². The van der Waals surface area contributed by atoms with E-state index in [9.17, 15) is 26.7 Å². The minimum atomic E-state index is -4.05. The lowest BCUT2D eigenvalue weighted by Gasteiger charge is -2.33. The van der Waals surface area contributed by atoms with Gasteiger partial charge in [-0.1, -0.05) is 29.8 Å². The first-order valence-corrected chi connectivity index (χ1v) is 16.7. The second-order valence-corrected chi connectivity index (χ2v) is 14.7. The fourth-order valence-corrected chi connectivity index (χ4v) is 7.58. The van der Waals surface area contributed by atoms with Crippen LogP contribution >= 0.6 is 0 Å². The summed E-state index contributed by atoms with van der Waals surface area (Å²) in [6.45, 7) is 8.40. The van der Waals surface area contributed by atoms with Crippen LogP contribution in [-0.4, -0.2) is 81.1 Å². The van der Waals surface area contributed by atoms with Gasteiger partial charge < -0.3 is 19.3 Å². The molecule has 0 saturated carbocycles. The monoisotopic (exact) mass is 634 g/mol. The number of ether oxygens (including phenoxy) is 1. The Morgan fingerprint density at radius 1 is 1.12 bits per heavy atom. The number of carbonyl (C=O) groups excluding carboxylic acids is 1. The van der Waals surface area contributed by atoms with Gasteiger partial charge in [0.2, 0.25) is 15.9 Å². The molecule has 3 atom stereocenters. The molecule has 1 aliphatic rings. The number of aliphatic hydroxyl groups is 1. The molecule has 1 aromatic heterocycles.